The maximum absolute atomic E-state index is 14.1. The van der Waals surface area contributed by atoms with Crippen molar-refractivity contribution in [2.75, 3.05) is 29.0 Å². The molecule has 0 radical (unpaired) electrons. The van der Waals surface area contributed by atoms with Crippen molar-refractivity contribution in [2.24, 2.45) is 0 Å². The third-order valence-corrected chi connectivity index (χ3v) is 5.71. The highest BCUT2D eigenvalue weighted by atomic mass is 32.1. The van der Waals surface area contributed by atoms with Crippen LogP contribution in [0.3, 0.4) is 0 Å². The monoisotopic (exact) mass is 431 g/mol. The van der Waals surface area contributed by atoms with E-state index in [-0.39, 0.29) is 22.6 Å². The molecule has 1 fully saturated rings. The molecule has 0 saturated carbocycles. The summed E-state index contributed by atoms with van der Waals surface area (Å²) in [6.07, 6.45) is 2.64. The summed E-state index contributed by atoms with van der Waals surface area (Å²) in [5, 5.41) is 13.4. The Morgan fingerprint density at radius 3 is 2.77 bits per heavy atom. The Labute approximate surface area is 175 Å². The highest BCUT2D eigenvalue weighted by Crippen LogP contribution is 2.33. The number of amides is 1. The lowest BCUT2D eigenvalue weighted by Gasteiger charge is -2.31. The van der Waals surface area contributed by atoms with E-state index in [0.717, 1.165) is 36.5 Å². The first-order valence-electron chi connectivity index (χ1n) is 9.34. The zero-order valence-corrected chi connectivity index (χ0v) is 16.6. The molecule has 1 amide bonds. The van der Waals surface area contributed by atoms with Gasteiger partial charge in [-0.05, 0) is 48.6 Å². The number of hydrogen-bond donors (Lipinski definition) is 3. The Balaban J connectivity index is 1.62. The van der Waals surface area contributed by atoms with Crippen LogP contribution in [0.5, 0.6) is 0 Å². The van der Waals surface area contributed by atoms with Crippen molar-refractivity contribution in [3.05, 3.63) is 53.9 Å². The summed E-state index contributed by atoms with van der Waals surface area (Å²) in [4.78, 5) is 18.9. The summed E-state index contributed by atoms with van der Waals surface area (Å²) >= 11 is 1.20. The highest BCUT2D eigenvalue weighted by Gasteiger charge is 2.24. The van der Waals surface area contributed by atoms with Gasteiger partial charge in [0.1, 0.15) is 16.6 Å². The van der Waals surface area contributed by atoms with Crippen molar-refractivity contribution in [2.45, 2.75) is 18.9 Å². The van der Waals surface area contributed by atoms with E-state index in [1.54, 1.807) is 0 Å². The molecule has 10 heteroatoms. The second kappa shape index (κ2) is 8.33. The molecule has 0 spiro atoms. The number of nitrogens with two attached hydrogens (primary N) is 1. The zero-order valence-electron chi connectivity index (χ0n) is 15.8. The summed E-state index contributed by atoms with van der Waals surface area (Å²) in [5.41, 5.74) is 5.93. The number of hydrogen-bond acceptors (Lipinski definition) is 7. The van der Waals surface area contributed by atoms with Crippen molar-refractivity contribution in [1.82, 2.24) is 9.36 Å². The molecule has 7 nitrogen and oxygen atoms in total. The number of piperidine rings is 1. The largest absolute Gasteiger partial charge is 0.397 e. The smallest absolute Gasteiger partial charge is 0.276 e. The van der Waals surface area contributed by atoms with Gasteiger partial charge in [-0.3, -0.25) is 4.79 Å². The molecule has 0 bridgehead atoms. The number of benzene rings is 1. The Kier molecular flexibility index (Phi) is 5.60. The minimum atomic E-state index is -0.786. The molecule has 1 atom stereocenters. The van der Waals surface area contributed by atoms with Crippen molar-refractivity contribution in [1.29, 1.82) is 0 Å². The number of aliphatic hydroxyl groups excluding tert-OH is 1. The van der Waals surface area contributed by atoms with Crippen molar-refractivity contribution in [3.63, 3.8) is 0 Å². The van der Waals surface area contributed by atoms with E-state index in [9.17, 15) is 18.7 Å². The van der Waals surface area contributed by atoms with E-state index in [2.05, 4.69) is 14.7 Å². The number of nitrogens with zero attached hydrogens (tertiary/aromatic N) is 3. The van der Waals surface area contributed by atoms with Crippen LogP contribution in [0.4, 0.5) is 25.2 Å². The SMILES string of the molecule is Nc1ccc(-c2c(F)cccc2F)nc1C(=O)Nc1cnsc1N1CCCC(O)C1. The maximum Gasteiger partial charge on any atom is 0.276 e. The van der Waals surface area contributed by atoms with E-state index < -0.39 is 23.6 Å². The van der Waals surface area contributed by atoms with Gasteiger partial charge in [0.15, 0.2) is 5.69 Å². The Morgan fingerprint density at radius 2 is 2.03 bits per heavy atom. The van der Waals surface area contributed by atoms with Crippen LogP contribution in [0.1, 0.15) is 23.3 Å². The number of aromatic nitrogens is 2. The number of nitrogen functional groups attached to an aromatic ring is 1. The fourth-order valence-electron chi connectivity index (χ4n) is 3.40. The minimum absolute atomic E-state index is 0.0345. The van der Waals surface area contributed by atoms with Crippen molar-refractivity contribution < 1.29 is 18.7 Å². The van der Waals surface area contributed by atoms with Gasteiger partial charge in [-0.1, -0.05) is 6.07 Å². The zero-order chi connectivity index (χ0) is 21.3. The van der Waals surface area contributed by atoms with Crippen LogP contribution >= 0.6 is 11.5 Å². The molecular formula is C20H19F2N5O2S. The molecular weight excluding hydrogens is 412 g/mol. The fourth-order valence-corrected chi connectivity index (χ4v) is 4.14. The van der Waals surface area contributed by atoms with Gasteiger partial charge in [-0.25, -0.2) is 13.8 Å². The molecule has 1 unspecified atom stereocenters. The third-order valence-electron chi connectivity index (χ3n) is 4.84. The van der Waals surface area contributed by atoms with Gasteiger partial charge >= 0.3 is 0 Å². The average Bonchev–Trinajstić information content (AvgIpc) is 3.17. The van der Waals surface area contributed by atoms with E-state index in [4.69, 9.17) is 5.73 Å². The number of β-amino-alcohol motifs (C(OH)–C–C–N with tert-alkyl or cyclic N) is 1. The number of anilines is 3. The third kappa shape index (κ3) is 3.96. The number of rotatable bonds is 4. The van der Waals surface area contributed by atoms with Crippen LogP contribution in [0, 0.1) is 11.6 Å². The van der Waals surface area contributed by atoms with Crippen LogP contribution in [-0.4, -0.2) is 39.6 Å². The van der Waals surface area contributed by atoms with Crippen LogP contribution < -0.4 is 16.0 Å². The Morgan fingerprint density at radius 1 is 1.27 bits per heavy atom. The molecule has 1 aromatic carbocycles. The lowest BCUT2D eigenvalue weighted by Crippen LogP contribution is -2.38. The maximum atomic E-state index is 14.1. The highest BCUT2D eigenvalue weighted by molar-refractivity contribution is 7.11. The second-order valence-corrected chi connectivity index (χ2v) is 7.75. The Hall–Kier alpha value is -3.11. The number of carbonyl (C=O) groups is 1. The predicted molar refractivity (Wildman–Crippen MR) is 112 cm³/mol. The second-order valence-electron chi connectivity index (χ2n) is 6.97. The van der Waals surface area contributed by atoms with Gasteiger partial charge in [0.2, 0.25) is 0 Å². The van der Waals surface area contributed by atoms with E-state index in [0.29, 0.717) is 12.2 Å². The van der Waals surface area contributed by atoms with Gasteiger partial charge in [0.05, 0.1) is 34.9 Å². The number of pyridine rings is 1. The van der Waals surface area contributed by atoms with Crippen LogP contribution in [0.15, 0.2) is 36.5 Å². The van der Waals surface area contributed by atoms with Gasteiger partial charge in [0, 0.05) is 13.1 Å². The predicted octanol–water partition coefficient (Wildman–Crippen LogP) is 3.28. The molecule has 4 rings (SSSR count). The number of halogens is 2. The summed E-state index contributed by atoms with van der Waals surface area (Å²) in [6.45, 7) is 1.19. The van der Waals surface area contributed by atoms with Gasteiger partial charge in [0.25, 0.3) is 5.91 Å². The van der Waals surface area contributed by atoms with Crippen LogP contribution in [-0.2, 0) is 0 Å². The molecule has 3 heterocycles. The van der Waals surface area contributed by atoms with Crippen molar-refractivity contribution in [3.8, 4) is 11.3 Å². The van der Waals surface area contributed by atoms with E-state index in [1.807, 2.05) is 4.90 Å². The van der Waals surface area contributed by atoms with Gasteiger partial charge in [-0.15, -0.1) is 0 Å². The van der Waals surface area contributed by atoms with Crippen molar-refractivity contribution >= 4 is 33.8 Å². The molecule has 3 aromatic rings. The van der Waals surface area contributed by atoms with Crippen LogP contribution in [0.2, 0.25) is 0 Å². The normalized spacial score (nSPS) is 16.5. The van der Waals surface area contributed by atoms with E-state index >= 15 is 0 Å². The van der Waals surface area contributed by atoms with Crippen LogP contribution in [0.25, 0.3) is 11.3 Å². The molecule has 1 aliphatic heterocycles. The number of carbonyl (C=O) groups excluding carboxylic acids is 1. The first kappa shape index (κ1) is 20.2. The molecule has 1 aliphatic rings. The van der Waals surface area contributed by atoms with Gasteiger partial charge < -0.3 is 21.1 Å². The summed E-state index contributed by atoms with van der Waals surface area (Å²) < 4.78 is 32.4. The minimum Gasteiger partial charge on any atom is -0.397 e. The topological polar surface area (TPSA) is 104 Å². The molecule has 0 aliphatic carbocycles. The molecule has 2 aromatic heterocycles. The number of nitrogens with one attached hydrogen (secondary N) is 1. The average molecular weight is 431 g/mol. The lowest BCUT2D eigenvalue weighted by molar-refractivity contribution is 0.102. The first-order valence-corrected chi connectivity index (χ1v) is 10.1. The lowest BCUT2D eigenvalue weighted by atomic mass is 10.1. The molecule has 1 saturated heterocycles. The van der Waals surface area contributed by atoms with E-state index in [1.165, 1.54) is 35.9 Å². The molecule has 30 heavy (non-hydrogen) atoms. The molecule has 4 N–H and O–H groups in total. The van der Waals surface area contributed by atoms with Gasteiger partial charge in [-0.2, -0.15) is 4.37 Å². The quantitative estimate of drug-likeness (QED) is 0.586. The fraction of sp³-hybridized carbons (Fsp3) is 0.250. The first-order chi connectivity index (χ1) is 14.4. The Bertz CT molecular complexity index is 1070. The number of aliphatic hydroxyl groups is 1. The molecule has 156 valence electrons. The summed E-state index contributed by atoms with van der Waals surface area (Å²) in [6, 6.07) is 6.23. The standard InChI is InChI=1S/C20H19F2N5O2S/c21-12-4-1-5-13(22)17(12)15-7-6-14(23)18(25-15)19(29)26-16-9-24-30-20(16)27-8-2-3-11(28)10-27/h1,4-7,9,11,28H,2-3,8,10,23H2,(H,26,29). The summed E-state index contributed by atoms with van der Waals surface area (Å²) in [7, 11) is 0. The summed E-state index contributed by atoms with van der Waals surface area (Å²) in [5.74, 6) is -2.19.